The highest BCUT2D eigenvalue weighted by molar-refractivity contribution is 5.73. The van der Waals surface area contributed by atoms with E-state index >= 15 is 0 Å². The van der Waals surface area contributed by atoms with Crippen LogP contribution < -0.4 is 5.32 Å². The van der Waals surface area contributed by atoms with E-state index in [-0.39, 0.29) is 12.0 Å². The number of carbonyl (C=O) groups is 1. The first-order valence-electron chi connectivity index (χ1n) is 5.52. The minimum Gasteiger partial charge on any atom is -0.480 e. The first-order chi connectivity index (χ1) is 7.91. The summed E-state index contributed by atoms with van der Waals surface area (Å²) in [6.45, 7) is 5.46. The maximum absolute atomic E-state index is 12.7. The third-order valence-electron chi connectivity index (χ3n) is 2.56. The van der Waals surface area contributed by atoms with Gasteiger partial charge < -0.3 is 5.11 Å². The summed E-state index contributed by atoms with van der Waals surface area (Å²) in [5.41, 5.74) is 0.623. The van der Waals surface area contributed by atoms with Gasteiger partial charge in [0.15, 0.2) is 0 Å². The van der Waals surface area contributed by atoms with Gasteiger partial charge in [-0.25, -0.2) is 4.39 Å². The first kappa shape index (κ1) is 13.6. The molecule has 0 aliphatic heterocycles. The van der Waals surface area contributed by atoms with E-state index in [0.717, 1.165) is 6.20 Å². The summed E-state index contributed by atoms with van der Waals surface area (Å²) >= 11 is 0. The van der Waals surface area contributed by atoms with Crippen molar-refractivity contribution in [2.24, 2.45) is 5.92 Å². The molecular weight excluding hydrogens is 223 g/mol. The van der Waals surface area contributed by atoms with Crippen LogP contribution in [0.3, 0.4) is 0 Å². The Bertz CT molecular complexity index is 379. The number of aliphatic carboxylic acids is 1. The topological polar surface area (TPSA) is 62.2 Å². The van der Waals surface area contributed by atoms with Gasteiger partial charge in [-0.3, -0.25) is 15.1 Å². The Kier molecular flexibility index (Phi) is 4.57. The van der Waals surface area contributed by atoms with Gasteiger partial charge in [-0.05, 0) is 25.0 Å². The fraction of sp³-hybridized carbons (Fsp3) is 0.500. The van der Waals surface area contributed by atoms with Gasteiger partial charge in [0.05, 0.1) is 11.9 Å². The van der Waals surface area contributed by atoms with Crippen LogP contribution in [0.15, 0.2) is 18.3 Å². The molecule has 0 aliphatic carbocycles. The lowest BCUT2D eigenvalue weighted by Crippen LogP contribution is -2.42. The number of carboxylic acid groups (broad SMARTS) is 1. The number of nitrogens with zero attached hydrogens (tertiary/aromatic N) is 1. The van der Waals surface area contributed by atoms with Gasteiger partial charge in [0.25, 0.3) is 0 Å². The normalized spacial score (nSPS) is 14.6. The molecule has 0 amide bonds. The summed E-state index contributed by atoms with van der Waals surface area (Å²) in [5, 5.41) is 12.0. The Balaban J connectivity index is 2.73. The molecule has 1 aromatic heterocycles. The van der Waals surface area contributed by atoms with E-state index in [0.29, 0.717) is 5.69 Å². The molecule has 5 heteroatoms. The number of hydrogen-bond acceptors (Lipinski definition) is 3. The maximum Gasteiger partial charge on any atom is 0.320 e. The van der Waals surface area contributed by atoms with Crippen LogP contribution in [0, 0.1) is 11.7 Å². The van der Waals surface area contributed by atoms with E-state index in [9.17, 15) is 9.18 Å². The molecule has 1 heterocycles. The third-order valence-corrected chi connectivity index (χ3v) is 2.56. The summed E-state index contributed by atoms with van der Waals surface area (Å²) in [4.78, 5) is 14.9. The first-order valence-corrected chi connectivity index (χ1v) is 5.52. The smallest absolute Gasteiger partial charge is 0.320 e. The van der Waals surface area contributed by atoms with Crippen molar-refractivity contribution in [2.75, 3.05) is 0 Å². The third kappa shape index (κ3) is 3.78. The second-order valence-corrected chi connectivity index (χ2v) is 4.35. The second-order valence-electron chi connectivity index (χ2n) is 4.35. The van der Waals surface area contributed by atoms with Crippen molar-refractivity contribution in [3.05, 3.63) is 29.8 Å². The Hall–Kier alpha value is -1.49. The van der Waals surface area contributed by atoms with Gasteiger partial charge in [0.2, 0.25) is 0 Å². The zero-order chi connectivity index (χ0) is 13.0. The minimum atomic E-state index is -0.894. The molecule has 0 bridgehead atoms. The lowest BCUT2D eigenvalue weighted by molar-refractivity contribution is -0.140. The van der Waals surface area contributed by atoms with E-state index in [1.54, 1.807) is 13.0 Å². The van der Waals surface area contributed by atoms with E-state index < -0.39 is 17.8 Å². The Labute approximate surface area is 99.9 Å². The average Bonchev–Trinajstić information content (AvgIpc) is 2.25. The number of aromatic nitrogens is 1. The number of rotatable bonds is 5. The predicted molar refractivity (Wildman–Crippen MR) is 62.0 cm³/mol. The zero-order valence-corrected chi connectivity index (χ0v) is 10.1. The van der Waals surface area contributed by atoms with Crippen molar-refractivity contribution >= 4 is 5.97 Å². The zero-order valence-electron chi connectivity index (χ0n) is 10.1. The molecule has 0 saturated carbocycles. The van der Waals surface area contributed by atoms with E-state index in [4.69, 9.17) is 5.11 Å². The number of halogens is 1. The van der Waals surface area contributed by atoms with Crippen molar-refractivity contribution in [1.82, 2.24) is 10.3 Å². The summed E-state index contributed by atoms with van der Waals surface area (Å²) in [5.74, 6) is -1.33. The summed E-state index contributed by atoms with van der Waals surface area (Å²) in [6, 6.07) is 1.98. The number of pyridine rings is 1. The van der Waals surface area contributed by atoms with E-state index in [2.05, 4.69) is 10.3 Å². The molecular formula is C12H17FN2O2. The lowest BCUT2D eigenvalue weighted by Gasteiger charge is -2.22. The number of hydrogen-bond donors (Lipinski definition) is 2. The standard InChI is InChI=1S/C12H17FN2O2/c1-7(2)11(12(16)17)15-8(3)10-5-4-9(13)6-14-10/h4-8,11,15H,1-3H3,(H,16,17). The SMILES string of the molecule is CC(NC(C(=O)O)C(C)C)c1ccc(F)cn1. The van der Waals surface area contributed by atoms with Crippen molar-refractivity contribution < 1.29 is 14.3 Å². The Morgan fingerprint density at radius 3 is 2.47 bits per heavy atom. The van der Waals surface area contributed by atoms with Crippen molar-refractivity contribution in [3.63, 3.8) is 0 Å². The van der Waals surface area contributed by atoms with Crippen molar-refractivity contribution in [3.8, 4) is 0 Å². The van der Waals surface area contributed by atoms with Crippen LogP contribution in [0.5, 0.6) is 0 Å². The van der Waals surface area contributed by atoms with Crippen LogP contribution in [0.2, 0.25) is 0 Å². The molecule has 4 nitrogen and oxygen atoms in total. The van der Waals surface area contributed by atoms with Crippen molar-refractivity contribution in [2.45, 2.75) is 32.9 Å². The molecule has 17 heavy (non-hydrogen) atoms. The highest BCUT2D eigenvalue weighted by Gasteiger charge is 2.23. The van der Waals surface area contributed by atoms with Crippen LogP contribution >= 0.6 is 0 Å². The summed E-state index contributed by atoms with van der Waals surface area (Å²) < 4.78 is 12.7. The van der Waals surface area contributed by atoms with E-state index in [1.807, 2.05) is 13.8 Å². The molecule has 2 N–H and O–H groups in total. The molecule has 0 saturated heterocycles. The molecule has 0 aromatic carbocycles. The van der Waals surface area contributed by atoms with Crippen molar-refractivity contribution in [1.29, 1.82) is 0 Å². The summed E-state index contributed by atoms with van der Waals surface area (Å²) in [7, 11) is 0. The monoisotopic (exact) mass is 240 g/mol. The van der Waals surface area contributed by atoms with Crippen LogP contribution in [0.25, 0.3) is 0 Å². The van der Waals surface area contributed by atoms with Crippen LogP contribution in [-0.4, -0.2) is 22.1 Å². The Morgan fingerprint density at radius 2 is 2.06 bits per heavy atom. The van der Waals surface area contributed by atoms with Crippen LogP contribution in [0.1, 0.15) is 32.5 Å². The highest BCUT2D eigenvalue weighted by Crippen LogP contribution is 2.13. The second kappa shape index (κ2) is 5.72. The van der Waals surface area contributed by atoms with Gasteiger partial charge in [-0.2, -0.15) is 0 Å². The van der Waals surface area contributed by atoms with Gasteiger partial charge in [-0.15, -0.1) is 0 Å². The highest BCUT2D eigenvalue weighted by atomic mass is 19.1. The largest absolute Gasteiger partial charge is 0.480 e. The van der Waals surface area contributed by atoms with Gasteiger partial charge in [0, 0.05) is 6.04 Å². The predicted octanol–water partition coefficient (Wildman–Crippen LogP) is 1.98. The fourth-order valence-corrected chi connectivity index (χ4v) is 1.55. The fourth-order valence-electron chi connectivity index (χ4n) is 1.55. The average molecular weight is 240 g/mol. The quantitative estimate of drug-likeness (QED) is 0.826. The number of nitrogens with one attached hydrogen (secondary N) is 1. The van der Waals surface area contributed by atoms with Crippen LogP contribution in [-0.2, 0) is 4.79 Å². The molecule has 94 valence electrons. The summed E-state index contributed by atoms with van der Waals surface area (Å²) in [6.07, 6.45) is 1.12. The lowest BCUT2D eigenvalue weighted by atomic mass is 10.0. The van der Waals surface area contributed by atoms with Gasteiger partial charge in [-0.1, -0.05) is 13.8 Å². The van der Waals surface area contributed by atoms with Crippen LogP contribution in [0.4, 0.5) is 4.39 Å². The number of carboxylic acids is 1. The molecule has 1 rings (SSSR count). The minimum absolute atomic E-state index is 0.0320. The van der Waals surface area contributed by atoms with Gasteiger partial charge in [0.1, 0.15) is 11.9 Å². The molecule has 0 aliphatic rings. The molecule has 0 radical (unpaired) electrons. The molecule has 2 unspecified atom stereocenters. The van der Waals surface area contributed by atoms with E-state index in [1.165, 1.54) is 6.07 Å². The van der Waals surface area contributed by atoms with Gasteiger partial charge >= 0.3 is 5.97 Å². The molecule has 2 atom stereocenters. The molecule has 1 aromatic rings. The molecule has 0 fully saturated rings. The Morgan fingerprint density at radius 1 is 1.41 bits per heavy atom. The maximum atomic E-state index is 12.7. The molecule has 0 spiro atoms.